The molecule has 0 fully saturated rings. The summed E-state index contributed by atoms with van der Waals surface area (Å²) >= 11 is 0. The number of benzene rings is 1. The summed E-state index contributed by atoms with van der Waals surface area (Å²) in [7, 11) is 3.52. The van der Waals surface area contributed by atoms with E-state index in [9.17, 15) is 4.79 Å². The van der Waals surface area contributed by atoms with Gasteiger partial charge in [0.25, 0.3) is 5.89 Å². The predicted octanol–water partition coefficient (Wildman–Crippen LogP) is 0.889. The number of aromatic nitrogens is 2. The minimum atomic E-state index is -0.185. The average molecular weight is 316 g/mol. The normalized spacial score (nSPS) is 17.7. The molecule has 1 atom stereocenters. The van der Waals surface area contributed by atoms with Gasteiger partial charge in [-0.05, 0) is 24.6 Å². The van der Waals surface area contributed by atoms with Crippen LogP contribution in [0.25, 0.3) is 0 Å². The van der Waals surface area contributed by atoms with E-state index in [1.807, 2.05) is 19.2 Å². The molecule has 0 unspecified atom stereocenters. The maximum atomic E-state index is 12.5. The third kappa shape index (κ3) is 3.57. The lowest BCUT2D eigenvalue weighted by molar-refractivity contribution is -0.126. The second kappa shape index (κ2) is 6.89. The first-order chi connectivity index (χ1) is 11.2. The summed E-state index contributed by atoms with van der Waals surface area (Å²) in [5.41, 5.74) is 2.51. The molecule has 7 nitrogen and oxygen atoms in total. The molecule has 0 bridgehead atoms. The summed E-state index contributed by atoms with van der Waals surface area (Å²) in [4.78, 5) is 18.7. The quantitative estimate of drug-likeness (QED) is 0.882. The van der Waals surface area contributed by atoms with Crippen molar-refractivity contribution in [1.82, 2.24) is 20.4 Å². The third-order valence-electron chi connectivity index (χ3n) is 3.98. The fourth-order valence-corrected chi connectivity index (χ4v) is 2.77. The average Bonchev–Trinajstić information content (AvgIpc) is 3.00. The van der Waals surface area contributed by atoms with Gasteiger partial charge in [-0.25, -0.2) is 0 Å². The van der Waals surface area contributed by atoms with E-state index < -0.39 is 0 Å². The molecule has 1 aromatic heterocycles. The fraction of sp³-hybridized carbons (Fsp3) is 0.438. The van der Waals surface area contributed by atoms with E-state index >= 15 is 0 Å². The molecular formula is C16H20N4O3. The first-order valence-electron chi connectivity index (χ1n) is 7.52. The first kappa shape index (κ1) is 15.6. The number of ether oxygens (including phenoxy) is 1. The van der Waals surface area contributed by atoms with Gasteiger partial charge in [0.05, 0.1) is 12.6 Å². The van der Waals surface area contributed by atoms with Crippen LogP contribution in [-0.2, 0) is 35.6 Å². The number of hydrogen-bond acceptors (Lipinski definition) is 6. The molecule has 1 N–H and O–H groups in total. The zero-order chi connectivity index (χ0) is 16.2. The number of hydrogen-bond donors (Lipinski definition) is 1. The lowest BCUT2D eigenvalue weighted by atomic mass is 9.94. The van der Waals surface area contributed by atoms with E-state index in [0.29, 0.717) is 18.1 Å². The number of carbonyl (C=O) groups excluding carboxylic acids is 1. The van der Waals surface area contributed by atoms with Crippen LogP contribution < -0.4 is 5.32 Å². The molecule has 1 aromatic carbocycles. The van der Waals surface area contributed by atoms with Crippen LogP contribution in [0.2, 0.25) is 0 Å². The van der Waals surface area contributed by atoms with Gasteiger partial charge in [-0.15, -0.1) is 0 Å². The summed E-state index contributed by atoms with van der Waals surface area (Å²) < 4.78 is 9.92. The van der Waals surface area contributed by atoms with E-state index in [1.54, 1.807) is 7.11 Å². The van der Waals surface area contributed by atoms with Crippen molar-refractivity contribution in [1.29, 1.82) is 0 Å². The number of rotatable bonds is 5. The fourth-order valence-electron chi connectivity index (χ4n) is 2.77. The molecule has 2 aromatic rings. The molecule has 0 aliphatic carbocycles. The Morgan fingerprint density at radius 3 is 3.00 bits per heavy atom. The van der Waals surface area contributed by atoms with Gasteiger partial charge in [0, 0.05) is 13.7 Å². The molecule has 1 aliphatic rings. The number of nitrogens with one attached hydrogen (secondary N) is 1. The van der Waals surface area contributed by atoms with Crippen molar-refractivity contribution >= 4 is 5.91 Å². The Balaban J connectivity index is 1.59. The molecule has 122 valence electrons. The number of amides is 1. The number of nitrogens with zero attached hydrogens (tertiary/aromatic N) is 3. The van der Waals surface area contributed by atoms with Crippen LogP contribution in [0, 0.1) is 0 Å². The van der Waals surface area contributed by atoms with E-state index in [1.165, 1.54) is 11.1 Å². The molecule has 2 heterocycles. The Morgan fingerprint density at radius 1 is 1.43 bits per heavy atom. The second-order valence-electron chi connectivity index (χ2n) is 5.66. The van der Waals surface area contributed by atoms with Crippen molar-refractivity contribution in [3.05, 3.63) is 47.1 Å². The van der Waals surface area contributed by atoms with Gasteiger partial charge in [0.1, 0.15) is 6.61 Å². The molecule has 7 heteroatoms. The predicted molar refractivity (Wildman–Crippen MR) is 82.3 cm³/mol. The van der Waals surface area contributed by atoms with Crippen LogP contribution in [0.5, 0.6) is 0 Å². The lowest BCUT2D eigenvalue weighted by Gasteiger charge is -2.32. The molecule has 0 spiro atoms. The van der Waals surface area contributed by atoms with Crippen LogP contribution in [0.4, 0.5) is 0 Å². The van der Waals surface area contributed by atoms with Gasteiger partial charge >= 0.3 is 0 Å². The Kier molecular flexibility index (Phi) is 4.68. The van der Waals surface area contributed by atoms with Crippen LogP contribution in [0.15, 0.2) is 28.8 Å². The van der Waals surface area contributed by atoms with Crippen molar-refractivity contribution in [3.8, 4) is 0 Å². The summed E-state index contributed by atoms with van der Waals surface area (Å²) in [6.07, 6.45) is 0.708. The van der Waals surface area contributed by atoms with Gasteiger partial charge in [-0.2, -0.15) is 4.98 Å². The van der Waals surface area contributed by atoms with Crippen molar-refractivity contribution < 1.29 is 14.1 Å². The monoisotopic (exact) mass is 316 g/mol. The van der Waals surface area contributed by atoms with Crippen molar-refractivity contribution in [2.24, 2.45) is 0 Å². The minimum Gasteiger partial charge on any atom is -0.375 e. The SMILES string of the molecule is COCc1nc(CNC(=O)[C@@H]2Cc3ccccc3CN2C)no1. The summed E-state index contributed by atoms with van der Waals surface area (Å²) in [5, 5.41) is 6.69. The first-order valence-corrected chi connectivity index (χ1v) is 7.52. The Bertz CT molecular complexity index is 685. The largest absolute Gasteiger partial charge is 0.375 e. The van der Waals surface area contributed by atoms with Gasteiger partial charge in [0.15, 0.2) is 5.82 Å². The molecule has 23 heavy (non-hydrogen) atoms. The number of methoxy groups -OCH3 is 1. The van der Waals surface area contributed by atoms with Crippen molar-refractivity contribution in [2.75, 3.05) is 14.2 Å². The zero-order valence-electron chi connectivity index (χ0n) is 13.3. The maximum Gasteiger partial charge on any atom is 0.252 e. The standard InChI is InChI=1S/C16H20N4O3/c1-20-9-12-6-4-3-5-11(12)7-13(20)16(21)17-8-14-18-15(10-22-2)23-19-14/h3-6,13H,7-10H2,1-2H3,(H,17,21)/t13-/m0/s1. The molecule has 0 saturated heterocycles. The highest BCUT2D eigenvalue weighted by Gasteiger charge is 2.28. The Morgan fingerprint density at radius 2 is 2.22 bits per heavy atom. The zero-order valence-corrected chi connectivity index (χ0v) is 13.3. The molecule has 0 saturated carbocycles. The third-order valence-corrected chi connectivity index (χ3v) is 3.98. The van der Waals surface area contributed by atoms with Gasteiger partial charge in [0.2, 0.25) is 5.91 Å². The topological polar surface area (TPSA) is 80.5 Å². The lowest BCUT2D eigenvalue weighted by Crippen LogP contribution is -2.48. The molecular weight excluding hydrogens is 296 g/mol. The highest BCUT2D eigenvalue weighted by atomic mass is 16.5. The van der Waals surface area contributed by atoms with Crippen molar-refractivity contribution in [2.45, 2.75) is 32.2 Å². The number of carbonyl (C=O) groups is 1. The van der Waals surface area contributed by atoms with E-state index in [-0.39, 0.29) is 25.1 Å². The summed E-state index contributed by atoms with van der Waals surface area (Å²) in [6, 6.07) is 8.04. The Labute approximate surface area is 134 Å². The van der Waals surface area contributed by atoms with Gasteiger partial charge in [-0.1, -0.05) is 29.4 Å². The molecule has 1 aliphatic heterocycles. The molecule has 3 rings (SSSR count). The molecule has 0 radical (unpaired) electrons. The smallest absolute Gasteiger partial charge is 0.252 e. The molecule has 1 amide bonds. The van der Waals surface area contributed by atoms with Gasteiger partial charge < -0.3 is 14.6 Å². The summed E-state index contributed by atoms with van der Waals surface area (Å²) in [5.74, 6) is 0.824. The van der Waals surface area contributed by atoms with E-state index in [0.717, 1.165) is 6.54 Å². The van der Waals surface area contributed by atoms with Crippen molar-refractivity contribution in [3.63, 3.8) is 0 Å². The minimum absolute atomic E-state index is 0.0277. The highest BCUT2D eigenvalue weighted by Crippen LogP contribution is 2.21. The van der Waals surface area contributed by atoms with E-state index in [2.05, 4.69) is 32.5 Å². The van der Waals surface area contributed by atoms with E-state index in [4.69, 9.17) is 9.26 Å². The summed E-state index contributed by atoms with van der Waals surface area (Å²) in [6.45, 7) is 1.29. The second-order valence-corrected chi connectivity index (χ2v) is 5.66. The van der Waals surface area contributed by atoms with Crippen LogP contribution in [0.3, 0.4) is 0 Å². The van der Waals surface area contributed by atoms with Gasteiger partial charge in [-0.3, -0.25) is 9.69 Å². The van der Waals surface area contributed by atoms with Crippen LogP contribution in [-0.4, -0.2) is 41.1 Å². The maximum absolute atomic E-state index is 12.5. The Hall–Kier alpha value is -2.25. The highest BCUT2D eigenvalue weighted by molar-refractivity contribution is 5.82. The number of fused-ring (bicyclic) bond motifs is 1. The van der Waals surface area contributed by atoms with Crippen LogP contribution >= 0.6 is 0 Å². The number of likely N-dealkylation sites (N-methyl/N-ethyl adjacent to an activating group) is 1. The van der Waals surface area contributed by atoms with Crippen LogP contribution in [0.1, 0.15) is 22.8 Å².